The summed E-state index contributed by atoms with van der Waals surface area (Å²) in [6.45, 7) is 8.74. The summed E-state index contributed by atoms with van der Waals surface area (Å²) in [6.07, 6.45) is 1.57. The molecule has 1 heterocycles. The SMILES string of the molecule is Cc1c(CCC(=O)O)ccc(OCc2cccc3c2CC(C)(C)O3)c1C. The summed E-state index contributed by atoms with van der Waals surface area (Å²) in [5, 5.41) is 8.88. The van der Waals surface area contributed by atoms with E-state index in [0.717, 1.165) is 40.2 Å². The van der Waals surface area contributed by atoms with Crippen LogP contribution >= 0.6 is 0 Å². The Morgan fingerprint density at radius 3 is 2.65 bits per heavy atom. The van der Waals surface area contributed by atoms with Crippen molar-refractivity contribution >= 4 is 5.97 Å². The van der Waals surface area contributed by atoms with E-state index >= 15 is 0 Å². The first-order valence-corrected chi connectivity index (χ1v) is 9.00. The number of carboxylic acid groups (broad SMARTS) is 1. The molecule has 0 aromatic heterocycles. The molecule has 2 aromatic rings. The van der Waals surface area contributed by atoms with Gasteiger partial charge in [0, 0.05) is 18.4 Å². The lowest BCUT2D eigenvalue weighted by atomic mass is 9.97. The molecule has 1 aliphatic heterocycles. The number of fused-ring (bicyclic) bond motifs is 1. The Morgan fingerprint density at radius 2 is 1.92 bits per heavy atom. The summed E-state index contributed by atoms with van der Waals surface area (Å²) >= 11 is 0. The van der Waals surface area contributed by atoms with Crippen LogP contribution in [-0.2, 0) is 24.2 Å². The fourth-order valence-electron chi connectivity index (χ4n) is 3.48. The molecular weight excluding hydrogens is 328 g/mol. The van der Waals surface area contributed by atoms with Gasteiger partial charge in [-0.05, 0) is 68.5 Å². The van der Waals surface area contributed by atoms with Gasteiger partial charge in [0.2, 0.25) is 0 Å². The van der Waals surface area contributed by atoms with Crippen molar-refractivity contribution in [2.45, 2.75) is 59.2 Å². The summed E-state index contributed by atoms with van der Waals surface area (Å²) < 4.78 is 12.1. The molecule has 0 unspecified atom stereocenters. The quantitative estimate of drug-likeness (QED) is 0.823. The number of carbonyl (C=O) groups is 1. The Bertz CT molecular complexity index is 836. The van der Waals surface area contributed by atoms with Crippen molar-refractivity contribution in [1.82, 2.24) is 0 Å². The highest BCUT2D eigenvalue weighted by Crippen LogP contribution is 2.37. The summed E-state index contributed by atoms with van der Waals surface area (Å²) in [7, 11) is 0. The monoisotopic (exact) mass is 354 g/mol. The van der Waals surface area contributed by atoms with Gasteiger partial charge in [0.05, 0.1) is 0 Å². The standard InChI is InChI=1S/C22H26O4/c1-14-15(2)19(10-8-16(14)9-11-21(23)24)25-13-17-6-5-7-20-18(17)12-22(3,4)26-20/h5-8,10H,9,11-13H2,1-4H3,(H,23,24). The molecule has 2 aromatic carbocycles. The number of hydrogen-bond donors (Lipinski definition) is 1. The van der Waals surface area contributed by atoms with E-state index in [1.807, 2.05) is 38.1 Å². The third-order valence-electron chi connectivity index (χ3n) is 5.06. The van der Waals surface area contributed by atoms with Gasteiger partial charge in [-0.25, -0.2) is 0 Å². The molecule has 0 amide bonds. The van der Waals surface area contributed by atoms with Crippen LogP contribution in [0.3, 0.4) is 0 Å². The van der Waals surface area contributed by atoms with E-state index in [-0.39, 0.29) is 12.0 Å². The zero-order chi connectivity index (χ0) is 18.9. The largest absolute Gasteiger partial charge is 0.489 e. The maximum atomic E-state index is 10.8. The Kier molecular flexibility index (Phi) is 4.94. The average molecular weight is 354 g/mol. The highest BCUT2D eigenvalue weighted by atomic mass is 16.5. The molecule has 4 heteroatoms. The molecule has 0 atom stereocenters. The number of carboxylic acids is 1. The predicted octanol–water partition coefficient (Wildman–Crippen LogP) is 4.61. The Hall–Kier alpha value is -2.49. The molecular formula is C22H26O4. The van der Waals surface area contributed by atoms with E-state index in [0.29, 0.717) is 13.0 Å². The molecule has 0 saturated carbocycles. The van der Waals surface area contributed by atoms with Crippen molar-refractivity contribution in [3.05, 3.63) is 58.1 Å². The van der Waals surface area contributed by atoms with E-state index < -0.39 is 5.97 Å². The minimum Gasteiger partial charge on any atom is -0.489 e. The van der Waals surface area contributed by atoms with E-state index in [9.17, 15) is 4.79 Å². The van der Waals surface area contributed by atoms with Crippen LogP contribution in [0.1, 0.15) is 48.1 Å². The van der Waals surface area contributed by atoms with Gasteiger partial charge in [0.1, 0.15) is 23.7 Å². The van der Waals surface area contributed by atoms with Gasteiger partial charge in [0.25, 0.3) is 0 Å². The summed E-state index contributed by atoms with van der Waals surface area (Å²) in [4.78, 5) is 10.8. The Morgan fingerprint density at radius 1 is 1.15 bits per heavy atom. The molecule has 1 aliphatic rings. The van der Waals surface area contributed by atoms with Crippen LogP contribution in [0.15, 0.2) is 30.3 Å². The van der Waals surface area contributed by atoms with E-state index in [2.05, 4.69) is 19.9 Å². The highest BCUT2D eigenvalue weighted by molar-refractivity contribution is 5.67. The normalized spacial score (nSPS) is 14.6. The van der Waals surface area contributed by atoms with Crippen LogP contribution in [0.4, 0.5) is 0 Å². The van der Waals surface area contributed by atoms with E-state index in [1.54, 1.807) is 0 Å². The molecule has 0 spiro atoms. The van der Waals surface area contributed by atoms with Crippen molar-refractivity contribution in [1.29, 1.82) is 0 Å². The number of benzene rings is 2. The lowest BCUT2D eigenvalue weighted by molar-refractivity contribution is -0.136. The minimum atomic E-state index is -0.773. The Balaban J connectivity index is 1.75. The van der Waals surface area contributed by atoms with Gasteiger partial charge in [0.15, 0.2) is 0 Å². The van der Waals surface area contributed by atoms with Gasteiger partial charge in [-0.15, -0.1) is 0 Å². The highest BCUT2D eigenvalue weighted by Gasteiger charge is 2.31. The molecule has 4 nitrogen and oxygen atoms in total. The molecule has 0 bridgehead atoms. The van der Waals surface area contributed by atoms with Crippen molar-refractivity contribution in [2.75, 3.05) is 0 Å². The molecule has 0 radical (unpaired) electrons. The van der Waals surface area contributed by atoms with Crippen LogP contribution in [0, 0.1) is 13.8 Å². The smallest absolute Gasteiger partial charge is 0.303 e. The zero-order valence-corrected chi connectivity index (χ0v) is 15.9. The van der Waals surface area contributed by atoms with Crippen molar-refractivity contribution in [2.24, 2.45) is 0 Å². The van der Waals surface area contributed by atoms with Crippen LogP contribution in [0.5, 0.6) is 11.5 Å². The molecule has 3 rings (SSSR count). The topological polar surface area (TPSA) is 55.8 Å². The molecule has 0 fully saturated rings. The van der Waals surface area contributed by atoms with Gasteiger partial charge < -0.3 is 14.6 Å². The first-order chi connectivity index (χ1) is 12.3. The van der Waals surface area contributed by atoms with Gasteiger partial charge in [-0.3, -0.25) is 4.79 Å². The van der Waals surface area contributed by atoms with Gasteiger partial charge in [-0.1, -0.05) is 18.2 Å². The van der Waals surface area contributed by atoms with Crippen molar-refractivity contribution in [3.8, 4) is 11.5 Å². The number of ether oxygens (including phenoxy) is 2. The second-order valence-corrected chi connectivity index (χ2v) is 7.59. The molecule has 0 aliphatic carbocycles. The average Bonchev–Trinajstić information content (AvgIpc) is 2.89. The van der Waals surface area contributed by atoms with Crippen molar-refractivity contribution in [3.63, 3.8) is 0 Å². The van der Waals surface area contributed by atoms with E-state index in [4.69, 9.17) is 14.6 Å². The fourth-order valence-corrected chi connectivity index (χ4v) is 3.48. The fraction of sp³-hybridized carbons (Fsp3) is 0.409. The third-order valence-corrected chi connectivity index (χ3v) is 5.06. The number of aliphatic carboxylic acids is 1. The third kappa shape index (κ3) is 3.85. The zero-order valence-electron chi connectivity index (χ0n) is 15.9. The molecule has 138 valence electrons. The number of aryl methyl sites for hydroxylation is 1. The Labute approximate surface area is 154 Å². The summed E-state index contributed by atoms with van der Waals surface area (Å²) in [6, 6.07) is 10.0. The van der Waals surface area contributed by atoms with E-state index in [1.165, 1.54) is 5.56 Å². The second-order valence-electron chi connectivity index (χ2n) is 7.59. The minimum absolute atomic E-state index is 0.145. The summed E-state index contributed by atoms with van der Waals surface area (Å²) in [5.41, 5.74) is 5.44. The van der Waals surface area contributed by atoms with Gasteiger partial charge >= 0.3 is 5.97 Å². The molecule has 1 N–H and O–H groups in total. The molecule has 26 heavy (non-hydrogen) atoms. The maximum Gasteiger partial charge on any atom is 0.303 e. The number of rotatable bonds is 6. The predicted molar refractivity (Wildman–Crippen MR) is 101 cm³/mol. The number of hydrogen-bond acceptors (Lipinski definition) is 3. The first-order valence-electron chi connectivity index (χ1n) is 9.00. The lowest BCUT2D eigenvalue weighted by Gasteiger charge is -2.16. The van der Waals surface area contributed by atoms with Crippen LogP contribution in [0.25, 0.3) is 0 Å². The second kappa shape index (κ2) is 7.02. The van der Waals surface area contributed by atoms with Crippen LogP contribution in [0.2, 0.25) is 0 Å². The van der Waals surface area contributed by atoms with Crippen LogP contribution in [-0.4, -0.2) is 16.7 Å². The molecule has 0 saturated heterocycles. The maximum absolute atomic E-state index is 10.8. The lowest BCUT2D eigenvalue weighted by Crippen LogP contribution is -2.24. The summed E-state index contributed by atoms with van der Waals surface area (Å²) in [5.74, 6) is 1.02. The first kappa shape index (κ1) is 18.3. The van der Waals surface area contributed by atoms with Crippen molar-refractivity contribution < 1.29 is 19.4 Å². The van der Waals surface area contributed by atoms with Crippen LogP contribution < -0.4 is 9.47 Å². The van der Waals surface area contributed by atoms with Gasteiger partial charge in [-0.2, -0.15) is 0 Å².